The number of piperazine rings is 1. The third-order valence-corrected chi connectivity index (χ3v) is 4.02. The summed E-state index contributed by atoms with van der Waals surface area (Å²) in [5.41, 5.74) is -0.00810. The number of ether oxygens (including phenoxy) is 1. The molecule has 128 valence electrons. The van der Waals surface area contributed by atoms with Crippen LogP contribution in [0.2, 0.25) is 0 Å². The van der Waals surface area contributed by atoms with E-state index in [0.717, 1.165) is 18.7 Å². The second kappa shape index (κ2) is 7.31. The molecule has 2 atom stereocenters. The van der Waals surface area contributed by atoms with Crippen molar-refractivity contribution in [3.05, 3.63) is 35.4 Å². The summed E-state index contributed by atoms with van der Waals surface area (Å²) in [5, 5.41) is 3.29. The van der Waals surface area contributed by atoms with Crippen molar-refractivity contribution < 1.29 is 22.7 Å². The molecule has 2 rings (SSSR count). The molecule has 0 spiro atoms. The summed E-state index contributed by atoms with van der Waals surface area (Å²) in [6.45, 7) is 4.19. The lowest BCUT2D eigenvalue weighted by Gasteiger charge is -2.36. The summed E-state index contributed by atoms with van der Waals surface area (Å²) >= 11 is 0. The van der Waals surface area contributed by atoms with Gasteiger partial charge in [-0.3, -0.25) is 9.69 Å². The molecule has 0 aliphatic carbocycles. The van der Waals surface area contributed by atoms with Crippen LogP contribution in [0.5, 0.6) is 0 Å². The summed E-state index contributed by atoms with van der Waals surface area (Å²) in [4.78, 5) is 14.1. The van der Waals surface area contributed by atoms with Crippen LogP contribution in [0.1, 0.15) is 18.1 Å². The molecule has 1 aromatic carbocycles. The predicted octanol–water partition coefficient (Wildman–Crippen LogP) is 2.08. The number of nitrogens with one attached hydrogen (secondary N) is 1. The Hall–Kier alpha value is -1.60. The quantitative estimate of drug-likeness (QED) is 0.859. The van der Waals surface area contributed by atoms with Gasteiger partial charge >= 0.3 is 12.1 Å². The van der Waals surface area contributed by atoms with Crippen LogP contribution in [0.3, 0.4) is 0 Å². The molecule has 1 heterocycles. The highest BCUT2D eigenvalue weighted by molar-refractivity contribution is 5.76. The van der Waals surface area contributed by atoms with E-state index in [1.165, 1.54) is 19.2 Å². The highest BCUT2D eigenvalue weighted by Crippen LogP contribution is 2.29. The van der Waals surface area contributed by atoms with Crippen LogP contribution in [-0.4, -0.2) is 49.7 Å². The van der Waals surface area contributed by atoms with Crippen LogP contribution in [0.15, 0.2) is 24.3 Å². The Balaban J connectivity index is 2.13. The lowest BCUT2D eigenvalue weighted by molar-refractivity contribution is -0.147. The van der Waals surface area contributed by atoms with Gasteiger partial charge in [0.2, 0.25) is 0 Å². The predicted molar refractivity (Wildman–Crippen MR) is 80.0 cm³/mol. The Morgan fingerprint density at radius 1 is 1.39 bits per heavy atom. The smallest absolute Gasteiger partial charge is 0.416 e. The first-order valence-electron chi connectivity index (χ1n) is 7.52. The molecule has 0 bridgehead atoms. The van der Waals surface area contributed by atoms with E-state index in [-0.39, 0.29) is 12.0 Å². The fraction of sp³-hybridized carbons (Fsp3) is 0.562. The number of alkyl halides is 3. The summed E-state index contributed by atoms with van der Waals surface area (Å²) in [6.07, 6.45) is -4.02. The topological polar surface area (TPSA) is 41.6 Å². The number of halogens is 3. The minimum atomic E-state index is -4.35. The van der Waals surface area contributed by atoms with Crippen molar-refractivity contribution in [3.8, 4) is 0 Å². The summed E-state index contributed by atoms with van der Waals surface area (Å²) in [5.74, 6) is -0.362. The SMILES string of the molecule is COC(=O)[C@H](Cc1ccc(C(F)(F)F)cc1)N1CCN[C@@H](C)C1. The van der Waals surface area contributed by atoms with Gasteiger partial charge in [-0.15, -0.1) is 0 Å². The number of hydrogen-bond acceptors (Lipinski definition) is 4. The van der Waals surface area contributed by atoms with Gasteiger partial charge < -0.3 is 10.1 Å². The summed E-state index contributed by atoms with van der Waals surface area (Å²) < 4.78 is 42.7. The third-order valence-electron chi connectivity index (χ3n) is 4.02. The number of methoxy groups -OCH3 is 1. The number of rotatable bonds is 4. The highest BCUT2D eigenvalue weighted by Gasteiger charge is 2.32. The maximum atomic E-state index is 12.6. The van der Waals surface area contributed by atoms with Crippen molar-refractivity contribution >= 4 is 5.97 Å². The molecule has 0 saturated carbocycles. The van der Waals surface area contributed by atoms with Gasteiger partial charge in [0.05, 0.1) is 12.7 Å². The van der Waals surface area contributed by atoms with E-state index in [2.05, 4.69) is 5.32 Å². The molecule has 0 aromatic heterocycles. The normalized spacial score (nSPS) is 21.0. The Bertz CT molecular complexity index is 531. The van der Waals surface area contributed by atoms with Crippen molar-refractivity contribution in [1.29, 1.82) is 0 Å². The maximum Gasteiger partial charge on any atom is 0.416 e. The fourth-order valence-electron chi connectivity index (χ4n) is 2.80. The molecule has 1 N–H and O–H groups in total. The molecule has 1 aliphatic rings. The van der Waals surface area contributed by atoms with E-state index in [0.29, 0.717) is 25.1 Å². The van der Waals surface area contributed by atoms with Gasteiger partial charge in [0, 0.05) is 25.7 Å². The number of carbonyl (C=O) groups is 1. The van der Waals surface area contributed by atoms with Crippen LogP contribution in [0, 0.1) is 0 Å². The molecule has 4 nitrogen and oxygen atoms in total. The molecular formula is C16H21F3N2O2. The zero-order valence-corrected chi connectivity index (χ0v) is 13.2. The molecule has 1 saturated heterocycles. The standard InChI is InChI=1S/C16H21F3N2O2/c1-11-10-21(8-7-20-11)14(15(22)23-2)9-12-3-5-13(6-4-12)16(17,18)19/h3-6,11,14,20H,7-10H2,1-2H3/t11-,14-/m0/s1. The van der Waals surface area contributed by atoms with Crippen LogP contribution in [0.4, 0.5) is 13.2 Å². The van der Waals surface area contributed by atoms with E-state index in [4.69, 9.17) is 4.74 Å². The number of benzene rings is 1. The zero-order chi connectivity index (χ0) is 17.0. The first kappa shape index (κ1) is 17.7. The molecule has 7 heteroatoms. The minimum absolute atomic E-state index is 0.253. The average molecular weight is 330 g/mol. The van der Waals surface area contributed by atoms with Crippen LogP contribution >= 0.6 is 0 Å². The maximum absolute atomic E-state index is 12.6. The van der Waals surface area contributed by atoms with E-state index < -0.39 is 17.8 Å². The second-order valence-corrected chi connectivity index (χ2v) is 5.79. The van der Waals surface area contributed by atoms with Crippen molar-refractivity contribution in [2.45, 2.75) is 31.6 Å². The first-order valence-corrected chi connectivity index (χ1v) is 7.52. The Morgan fingerprint density at radius 2 is 2.04 bits per heavy atom. The molecule has 1 fully saturated rings. The van der Waals surface area contributed by atoms with Crippen LogP contribution in [-0.2, 0) is 22.1 Å². The van der Waals surface area contributed by atoms with E-state index in [1.54, 1.807) is 0 Å². The monoisotopic (exact) mass is 330 g/mol. The summed E-state index contributed by atoms with van der Waals surface area (Å²) in [6, 6.07) is 4.70. The lowest BCUT2D eigenvalue weighted by atomic mass is 10.0. The van der Waals surface area contributed by atoms with Crippen molar-refractivity contribution in [2.75, 3.05) is 26.7 Å². The molecule has 23 heavy (non-hydrogen) atoms. The van der Waals surface area contributed by atoms with E-state index in [1.807, 2.05) is 11.8 Å². The van der Waals surface area contributed by atoms with E-state index >= 15 is 0 Å². The second-order valence-electron chi connectivity index (χ2n) is 5.79. The Kier molecular flexibility index (Phi) is 5.64. The van der Waals surface area contributed by atoms with Gasteiger partial charge in [-0.2, -0.15) is 13.2 Å². The van der Waals surface area contributed by atoms with Gasteiger partial charge in [0.15, 0.2) is 0 Å². The Labute approximate surface area is 133 Å². The highest BCUT2D eigenvalue weighted by atomic mass is 19.4. The fourth-order valence-corrected chi connectivity index (χ4v) is 2.80. The molecular weight excluding hydrogens is 309 g/mol. The molecule has 1 aromatic rings. The van der Waals surface area contributed by atoms with Crippen molar-refractivity contribution in [2.24, 2.45) is 0 Å². The molecule has 0 amide bonds. The van der Waals surface area contributed by atoms with Gasteiger partial charge in [0.1, 0.15) is 6.04 Å². The summed E-state index contributed by atoms with van der Waals surface area (Å²) in [7, 11) is 1.33. The number of esters is 1. The molecule has 0 radical (unpaired) electrons. The van der Waals surface area contributed by atoms with Crippen LogP contribution < -0.4 is 5.32 Å². The number of carbonyl (C=O) groups excluding carboxylic acids is 1. The van der Waals surface area contributed by atoms with Gasteiger partial charge in [0.25, 0.3) is 0 Å². The van der Waals surface area contributed by atoms with Gasteiger partial charge in [-0.25, -0.2) is 0 Å². The van der Waals surface area contributed by atoms with Crippen molar-refractivity contribution in [3.63, 3.8) is 0 Å². The minimum Gasteiger partial charge on any atom is -0.468 e. The average Bonchev–Trinajstić information content (AvgIpc) is 2.51. The van der Waals surface area contributed by atoms with Crippen molar-refractivity contribution in [1.82, 2.24) is 10.2 Å². The van der Waals surface area contributed by atoms with E-state index in [9.17, 15) is 18.0 Å². The number of hydrogen-bond donors (Lipinski definition) is 1. The molecule has 0 unspecified atom stereocenters. The Morgan fingerprint density at radius 3 is 2.57 bits per heavy atom. The van der Waals surface area contributed by atoms with Gasteiger partial charge in [-0.1, -0.05) is 12.1 Å². The first-order chi connectivity index (χ1) is 10.8. The largest absolute Gasteiger partial charge is 0.468 e. The van der Waals surface area contributed by atoms with Crippen LogP contribution in [0.25, 0.3) is 0 Å². The molecule has 1 aliphatic heterocycles. The third kappa shape index (κ3) is 4.68. The van der Waals surface area contributed by atoms with Gasteiger partial charge in [-0.05, 0) is 31.0 Å². The number of nitrogens with zero attached hydrogens (tertiary/aromatic N) is 1. The lowest BCUT2D eigenvalue weighted by Crippen LogP contribution is -2.55. The zero-order valence-electron chi connectivity index (χ0n) is 13.2.